The minimum atomic E-state index is 0.367. The van der Waals surface area contributed by atoms with Crippen LogP contribution in [0.3, 0.4) is 0 Å². The molecule has 5 nitrogen and oxygen atoms in total. The number of piperazine rings is 1. The number of anilines is 1. The van der Waals surface area contributed by atoms with E-state index in [0.717, 1.165) is 59.4 Å². The number of phenolic OH excluding ortho intramolecular Hbond substituents is 1. The molecule has 128 valence electrons. The summed E-state index contributed by atoms with van der Waals surface area (Å²) in [5, 5.41) is 12.6. The summed E-state index contributed by atoms with van der Waals surface area (Å²) in [7, 11) is 0. The highest BCUT2D eigenvalue weighted by Crippen LogP contribution is 2.30. The highest BCUT2D eigenvalue weighted by molar-refractivity contribution is 9.10. The molecule has 0 unspecified atom stereocenters. The fourth-order valence-corrected chi connectivity index (χ4v) is 3.71. The van der Waals surface area contributed by atoms with Crippen molar-refractivity contribution in [1.29, 1.82) is 0 Å². The molecule has 4 rings (SSSR count). The van der Waals surface area contributed by atoms with Gasteiger partial charge >= 0.3 is 0 Å². The lowest BCUT2D eigenvalue weighted by Crippen LogP contribution is -2.46. The maximum atomic E-state index is 10.4. The Bertz CT molecular complexity index is 879. The van der Waals surface area contributed by atoms with Gasteiger partial charge in [0.25, 0.3) is 0 Å². The number of rotatable bonds is 3. The van der Waals surface area contributed by atoms with Crippen molar-refractivity contribution >= 4 is 32.5 Å². The summed E-state index contributed by atoms with van der Waals surface area (Å²) in [4.78, 5) is 13.2. The fourth-order valence-electron chi connectivity index (χ4n) is 3.33. The van der Waals surface area contributed by atoms with Gasteiger partial charge in [0.05, 0.1) is 6.20 Å². The van der Waals surface area contributed by atoms with Crippen molar-refractivity contribution in [2.45, 2.75) is 6.54 Å². The monoisotopic (exact) mass is 398 g/mol. The first-order chi connectivity index (χ1) is 12.2. The molecule has 6 heteroatoms. The largest absolute Gasteiger partial charge is 0.508 e. The zero-order chi connectivity index (χ0) is 17.2. The highest BCUT2D eigenvalue weighted by atomic mass is 79.9. The molecule has 0 amide bonds. The number of benzene rings is 2. The van der Waals surface area contributed by atoms with Crippen LogP contribution in [0.5, 0.6) is 5.75 Å². The summed E-state index contributed by atoms with van der Waals surface area (Å²) in [5.74, 6) is 1.30. The third-order valence-electron chi connectivity index (χ3n) is 4.70. The Morgan fingerprint density at radius 2 is 1.88 bits per heavy atom. The molecule has 1 fully saturated rings. The maximum absolute atomic E-state index is 10.4. The number of phenols is 1. The lowest BCUT2D eigenvalue weighted by Gasteiger charge is -2.35. The molecule has 0 atom stereocenters. The zero-order valence-electron chi connectivity index (χ0n) is 13.8. The van der Waals surface area contributed by atoms with Gasteiger partial charge in [-0.1, -0.05) is 28.1 Å². The van der Waals surface area contributed by atoms with Crippen molar-refractivity contribution in [2.24, 2.45) is 0 Å². The van der Waals surface area contributed by atoms with Crippen molar-refractivity contribution in [3.63, 3.8) is 0 Å². The first kappa shape index (κ1) is 16.3. The molecular formula is C19H19BrN4O. The third kappa shape index (κ3) is 3.45. The minimum absolute atomic E-state index is 0.367. The summed E-state index contributed by atoms with van der Waals surface area (Å²) < 4.78 is 1.05. The summed E-state index contributed by atoms with van der Waals surface area (Å²) in [6.45, 7) is 4.44. The summed E-state index contributed by atoms with van der Waals surface area (Å²) in [6, 6.07) is 9.94. The highest BCUT2D eigenvalue weighted by Gasteiger charge is 2.20. The molecule has 0 saturated carbocycles. The van der Waals surface area contributed by atoms with E-state index in [9.17, 15) is 5.11 Å². The number of hydrogen-bond acceptors (Lipinski definition) is 5. The SMILES string of the molecule is Oc1ccc2cc(Br)ccc2c1CN1CCN(c2cnccn2)CC1. The first-order valence-electron chi connectivity index (χ1n) is 8.34. The minimum Gasteiger partial charge on any atom is -0.508 e. The number of halogens is 1. The predicted octanol–water partition coefficient (Wildman–Crippen LogP) is 3.42. The van der Waals surface area contributed by atoms with E-state index >= 15 is 0 Å². The van der Waals surface area contributed by atoms with Crippen LogP contribution in [0.15, 0.2) is 53.4 Å². The van der Waals surface area contributed by atoms with E-state index in [2.05, 4.69) is 47.8 Å². The number of hydrogen-bond donors (Lipinski definition) is 1. The van der Waals surface area contributed by atoms with Crippen molar-refractivity contribution in [1.82, 2.24) is 14.9 Å². The van der Waals surface area contributed by atoms with Gasteiger partial charge in [-0.2, -0.15) is 0 Å². The van der Waals surface area contributed by atoms with E-state index in [1.54, 1.807) is 18.5 Å². The van der Waals surface area contributed by atoms with Gasteiger partial charge in [0, 0.05) is 55.2 Å². The Hall–Kier alpha value is -2.18. The second-order valence-corrected chi connectivity index (χ2v) is 7.17. The van der Waals surface area contributed by atoms with Crippen LogP contribution in [0.4, 0.5) is 5.82 Å². The van der Waals surface area contributed by atoms with Crippen LogP contribution < -0.4 is 4.90 Å². The molecule has 1 aliphatic heterocycles. The Labute approximate surface area is 155 Å². The number of aromatic nitrogens is 2. The van der Waals surface area contributed by atoms with E-state index < -0.39 is 0 Å². The molecule has 1 aromatic heterocycles. The van der Waals surface area contributed by atoms with E-state index in [0.29, 0.717) is 5.75 Å². The lowest BCUT2D eigenvalue weighted by molar-refractivity contribution is 0.247. The Morgan fingerprint density at radius 1 is 1.04 bits per heavy atom. The van der Waals surface area contributed by atoms with Crippen LogP contribution in [0.1, 0.15) is 5.56 Å². The van der Waals surface area contributed by atoms with E-state index in [1.165, 1.54) is 0 Å². The number of nitrogens with zero attached hydrogens (tertiary/aromatic N) is 4. The Kier molecular flexibility index (Phi) is 4.55. The van der Waals surface area contributed by atoms with Crippen LogP contribution in [0, 0.1) is 0 Å². The van der Waals surface area contributed by atoms with Gasteiger partial charge in [0.1, 0.15) is 11.6 Å². The van der Waals surface area contributed by atoms with Gasteiger partial charge in [-0.15, -0.1) is 0 Å². The smallest absolute Gasteiger partial charge is 0.147 e. The second-order valence-electron chi connectivity index (χ2n) is 6.26. The fraction of sp³-hybridized carbons (Fsp3) is 0.263. The average Bonchev–Trinajstić information content (AvgIpc) is 2.65. The van der Waals surface area contributed by atoms with Crippen LogP contribution in [-0.4, -0.2) is 46.2 Å². The summed E-state index contributed by atoms with van der Waals surface area (Å²) in [6.07, 6.45) is 5.24. The molecule has 0 aliphatic carbocycles. The van der Waals surface area contributed by atoms with E-state index in [-0.39, 0.29) is 0 Å². The van der Waals surface area contributed by atoms with E-state index in [4.69, 9.17) is 0 Å². The summed E-state index contributed by atoms with van der Waals surface area (Å²) in [5.41, 5.74) is 0.998. The van der Waals surface area contributed by atoms with Gasteiger partial charge in [-0.05, 0) is 29.0 Å². The van der Waals surface area contributed by atoms with Crippen LogP contribution in [0.2, 0.25) is 0 Å². The van der Waals surface area contributed by atoms with Crippen molar-refractivity contribution < 1.29 is 5.11 Å². The quantitative estimate of drug-likeness (QED) is 0.732. The third-order valence-corrected chi connectivity index (χ3v) is 5.19. The molecule has 3 aromatic rings. The predicted molar refractivity (Wildman–Crippen MR) is 103 cm³/mol. The number of fused-ring (bicyclic) bond motifs is 1. The molecule has 2 heterocycles. The van der Waals surface area contributed by atoms with Gasteiger partial charge in [0.2, 0.25) is 0 Å². The molecule has 0 spiro atoms. The maximum Gasteiger partial charge on any atom is 0.147 e. The first-order valence-corrected chi connectivity index (χ1v) is 9.13. The van der Waals surface area contributed by atoms with Crippen molar-refractivity contribution in [3.05, 3.63) is 59.0 Å². The van der Waals surface area contributed by atoms with Crippen LogP contribution >= 0.6 is 15.9 Å². The van der Waals surface area contributed by atoms with Crippen LogP contribution in [-0.2, 0) is 6.54 Å². The second kappa shape index (κ2) is 6.98. The molecule has 1 N–H and O–H groups in total. The lowest BCUT2D eigenvalue weighted by atomic mass is 10.0. The van der Waals surface area contributed by atoms with Crippen LogP contribution in [0.25, 0.3) is 10.8 Å². The standard InChI is InChI=1S/C19H19BrN4O/c20-15-2-3-16-14(11-15)1-4-18(25)17(16)13-23-7-9-24(10-8-23)19-12-21-5-6-22-19/h1-6,11-12,25H,7-10,13H2. The van der Waals surface area contributed by atoms with Crippen molar-refractivity contribution in [2.75, 3.05) is 31.1 Å². The van der Waals surface area contributed by atoms with Gasteiger partial charge in [-0.3, -0.25) is 9.88 Å². The van der Waals surface area contributed by atoms with Gasteiger partial charge in [-0.25, -0.2) is 4.98 Å². The van der Waals surface area contributed by atoms with Gasteiger partial charge < -0.3 is 10.0 Å². The normalized spacial score (nSPS) is 15.6. The molecule has 0 bridgehead atoms. The molecule has 1 aliphatic rings. The molecule has 0 radical (unpaired) electrons. The molecule has 2 aromatic carbocycles. The Morgan fingerprint density at radius 3 is 2.64 bits per heavy atom. The molecule has 1 saturated heterocycles. The van der Waals surface area contributed by atoms with Gasteiger partial charge in [0.15, 0.2) is 0 Å². The Balaban J connectivity index is 1.50. The molecule has 25 heavy (non-hydrogen) atoms. The average molecular weight is 399 g/mol. The topological polar surface area (TPSA) is 52.5 Å². The molecular weight excluding hydrogens is 380 g/mol. The van der Waals surface area contributed by atoms with E-state index in [1.807, 2.05) is 18.3 Å². The summed E-state index contributed by atoms with van der Waals surface area (Å²) >= 11 is 3.51. The van der Waals surface area contributed by atoms with Crippen molar-refractivity contribution in [3.8, 4) is 5.75 Å². The number of aromatic hydroxyl groups is 1. The zero-order valence-corrected chi connectivity index (χ0v) is 15.4.